The van der Waals surface area contributed by atoms with Gasteiger partial charge in [0.15, 0.2) is 6.10 Å². The van der Waals surface area contributed by atoms with E-state index in [2.05, 4.69) is 0 Å². The second kappa shape index (κ2) is 7.30. The number of carbonyl (C=O) groups is 3. The molecule has 3 unspecified atom stereocenters. The summed E-state index contributed by atoms with van der Waals surface area (Å²) in [5.41, 5.74) is 7.58. The molecule has 0 aromatic heterocycles. The Bertz CT molecular complexity index is 1220. The molecule has 0 radical (unpaired) electrons. The molecule has 5 rings (SSSR count). The minimum Gasteiger partial charge on any atom is -0.368 e. The standard InChI is InChI=1S/C24H21N3O4/c1-14-6-2-5-9-18(14)27-23(29)20-21(26(13-19(25)28)31-22(20)24(27)30)17-11-10-15-7-3-4-8-16(15)12-17/h2-12,20-22H,13H2,1H3,(H2,25,28). The fourth-order valence-corrected chi connectivity index (χ4v) is 4.58. The fourth-order valence-electron chi connectivity index (χ4n) is 4.58. The van der Waals surface area contributed by atoms with Crippen LogP contribution in [0.3, 0.4) is 0 Å². The summed E-state index contributed by atoms with van der Waals surface area (Å²) in [6.45, 7) is 1.64. The Balaban J connectivity index is 1.59. The second-order valence-electron chi connectivity index (χ2n) is 7.94. The highest BCUT2D eigenvalue weighted by Crippen LogP contribution is 2.46. The predicted octanol–water partition coefficient (Wildman–Crippen LogP) is 2.48. The van der Waals surface area contributed by atoms with Crippen molar-refractivity contribution in [3.63, 3.8) is 0 Å². The van der Waals surface area contributed by atoms with Crippen molar-refractivity contribution >= 4 is 34.2 Å². The molecule has 2 aliphatic rings. The van der Waals surface area contributed by atoms with Gasteiger partial charge in [-0.2, -0.15) is 5.06 Å². The third-order valence-electron chi connectivity index (χ3n) is 5.98. The van der Waals surface area contributed by atoms with E-state index in [9.17, 15) is 14.4 Å². The van der Waals surface area contributed by atoms with Crippen LogP contribution in [0.5, 0.6) is 0 Å². The van der Waals surface area contributed by atoms with Gasteiger partial charge in [-0.3, -0.25) is 19.2 Å². The number of primary amides is 1. The van der Waals surface area contributed by atoms with Crippen LogP contribution in [0.4, 0.5) is 5.69 Å². The topological polar surface area (TPSA) is 92.9 Å². The number of fused-ring (bicyclic) bond motifs is 2. The van der Waals surface area contributed by atoms with Crippen LogP contribution in [-0.4, -0.2) is 35.4 Å². The number of anilines is 1. The molecule has 2 N–H and O–H groups in total. The molecule has 31 heavy (non-hydrogen) atoms. The maximum Gasteiger partial charge on any atom is 0.265 e. The van der Waals surface area contributed by atoms with Gasteiger partial charge < -0.3 is 5.73 Å². The molecule has 3 aromatic carbocycles. The SMILES string of the molecule is Cc1ccccc1N1C(=O)C2ON(CC(N)=O)C(c3ccc4ccccc4c3)C2C1=O. The number of rotatable bonds is 4. The molecule has 3 atom stereocenters. The van der Waals surface area contributed by atoms with Crippen LogP contribution in [0.1, 0.15) is 17.2 Å². The Morgan fingerprint density at radius 3 is 2.42 bits per heavy atom. The van der Waals surface area contributed by atoms with E-state index in [4.69, 9.17) is 10.6 Å². The van der Waals surface area contributed by atoms with E-state index in [1.165, 1.54) is 9.96 Å². The largest absolute Gasteiger partial charge is 0.368 e. The summed E-state index contributed by atoms with van der Waals surface area (Å²) in [6, 6.07) is 20.3. The van der Waals surface area contributed by atoms with Crippen molar-refractivity contribution in [3.05, 3.63) is 77.9 Å². The lowest BCUT2D eigenvalue weighted by atomic mass is 9.89. The van der Waals surface area contributed by atoms with Crippen molar-refractivity contribution in [2.75, 3.05) is 11.4 Å². The molecule has 3 amide bonds. The first-order chi connectivity index (χ1) is 15.0. The van der Waals surface area contributed by atoms with Gasteiger partial charge in [-0.15, -0.1) is 0 Å². The molecular formula is C24H21N3O4. The summed E-state index contributed by atoms with van der Waals surface area (Å²) >= 11 is 0. The molecule has 0 aliphatic carbocycles. The number of aryl methyl sites for hydroxylation is 1. The van der Waals surface area contributed by atoms with Gasteiger partial charge in [-0.1, -0.05) is 54.6 Å². The average molecular weight is 415 g/mol. The van der Waals surface area contributed by atoms with Crippen LogP contribution >= 0.6 is 0 Å². The molecule has 0 bridgehead atoms. The third kappa shape index (κ3) is 3.10. The minimum absolute atomic E-state index is 0.213. The number of carbonyl (C=O) groups excluding carboxylic acids is 3. The highest BCUT2D eigenvalue weighted by atomic mass is 16.7. The lowest BCUT2D eigenvalue weighted by Crippen LogP contribution is -2.40. The van der Waals surface area contributed by atoms with Crippen LogP contribution < -0.4 is 10.6 Å². The lowest BCUT2D eigenvalue weighted by molar-refractivity contribution is -0.175. The van der Waals surface area contributed by atoms with Crippen molar-refractivity contribution in [2.45, 2.75) is 19.1 Å². The van der Waals surface area contributed by atoms with Gasteiger partial charge >= 0.3 is 0 Å². The number of amides is 3. The first kappa shape index (κ1) is 19.4. The first-order valence-electron chi connectivity index (χ1n) is 10.1. The molecule has 2 heterocycles. The van der Waals surface area contributed by atoms with Crippen molar-refractivity contribution in [2.24, 2.45) is 11.7 Å². The molecule has 2 fully saturated rings. The molecule has 0 spiro atoms. The highest BCUT2D eigenvalue weighted by Gasteiger charge is 2.60. The number of para-hydroxylation sites is 1. The van der Waals surface area contributed by atoms with Crippen LogP contribution in [0.15, 0.2) is 66.7 Å². The van der Waals surface area contributed by atoms with Gasteiger partial charge in [0.05, 0.1) is 17.6 Å². The molecule has 3 aromatic rings. The number of nitrogens with two attached hydrogens (primary N) is 1. The Morgan fingerprint density at radius 2 is 1.68 bits per heavy atom. The summed E-state index contributed by atoms with van der Waals surface area (Å²) in [5, 5.41) is 3.43. The Morgan fingerprint density at radius 1 is 0.968 bits per heavy atom. The summed E-state index contributed by atoms with van der Waals surface area (Å²) in [4.78, 5) is 45.5. The van der Waals surface area contributed by atoms with Gasteiger partial charge in [0, 0.05) is 0 Å². The predicted molar refractivity (Wildman–Crippen MR) is 115 cm³/mol. The maximum atomic E-state index is 13.5. The van der Waals surface area contributed by atoms with E-state index in [0.717, 1.165) is 21.9 Å². The van der Waals surface area contributed by atoms with Crippen molar-refractivity contribution in [3.8, 4) is 0 Å². The highest BCUT2D eigenvalue weighted by molar-refractivity contribution is 6.24. The number of hydrogen-bond donors (Lipinski definition) is 1. The molecule has 7 heteroatoms. The van der Waals surface area contributed by atoms with E-state index in [1.807, 2.05) is 61.5 Å². The molecule has 7 nitrogen and oxygen atoms in total. The van der Waals surface area contributed by atoms with Crippen LogP contribution in [-0.2, 0) is 19.2 Å². The average Bonchev–Trinajstić information content (AvgIpc) is 3.23. The van der Waals surface area contributed by atoms with Crippen molar-refractivity contribution < 1.29 is 19.2 Å². The maximum absolute atomic E-state index is 13.5. The van der Waals surface area contributed by atoms with E-state index in [-0.39, 0.29) is 12.5 Å². The number of hydrogen-bond acceptors (Lipinski definition) is 5. The zero-order valence-electron chi connectivity index (χ0n) is 16.9. The van der Waals surface area contributed by atoms with Crippen molar-refractivity contribution in [1.82, 2.24) is 5.06 Å². The number of hydroxylamine groups is 2. The molecule has 2 saturated heterocycles. The minimum atomic E-state index is -0.997. The van der Waals surface area contributed by atoms with Crippen LogP contribution in [0.25, 0.3) is 10.8 Å². The molecule has 2 aliphatic heterocycles. The summed E-state index contributed by atoms with van der Waals surface area (Å²) in [6.07, 6.45) is -0.997. The lowest BCUT2D eigenvalue weighted by Gasteiger charge is -2.27. The van der Waals surface area contributed by atoms with E-state index < -0.39 is 29.9 Å². The number of imide groups is 1. The zero-order valence-corrected chi connectivity index (χ0v) is 16.9. The summed E-state index contributed by atoms with van der Waals surface area (Å²) in [5.74, 6) is -2.13. The van der Waals surface area contributed by atoms with Gasteiger partial charge in [-0.05, 0) is 41.0 Å². The van der Waals surface area contributed by atoms with Crippen LogP contribution in [0.2, 0.25) is 0 Å². The Labute approximate surface area is 178 Å². The van der Waals surface area contributed by atoms with E-state index in [0.29, 0.717) is 5.69 Å². The van der Waals surface area contributed by atoms with Crippen molar-refractivity contribution in [1.29, 1.82) is 0 Å². The van der Waals surface area contributed by atoms with E-state index >= 15 is 0 Å². The zero-order chi connectivity index (χ0) is 21.7. The van der Waals surface area contributed by atoms with Gasteiger partial charge in [0.25, 0.3) is 5.91 Å². The summed E-state index contributed by atoms with van der Waals surface area (Å²) in [7, 11) is 0. The Kier molecular flexibility index (Phi) is 4.57. The normalized spacial score (nSPS) is 23.5. The first-order valence-corrected chi connectivity index (χ1v) is 10.1. The molecular weight excluding hydrogens is 394 g/mol. The Hall–Kier alpha value is -3.55. The third-order valence-corrected chi connectivity index (χ3v) is 5.98. The second-order valence-corrected chi connectivity index (χ2v) is 7.94. The van der Waals surface area contributed by atoms with Gasteiger partial charge in [0.1, 0.15) is 6.54 Å². The fraction of sp³-hybridized carbons (Fsp3) is 0.208. The number of nitrogens with zero attached hydrogens (tertiary/aromatic N) is 2. The van der Waals surface area contributed by atoms with Crippen LogP contribution in [0, 0.1) is 12.8 Å². The number of benzene rings is 3. The summed E-state index contributed by atoms with van der Waals surface area (Å²) < 4.78 is 0. The van der Waals surface area contributed by atoms with Gasteiger partial charge in [0.2, 0.25) is 11.8 Å². The smallest absolute Gasteiger partial charge is 0.265 e. The van der Waals surface area contributed by atoms with E-state index in [1.54, 1.807) is 12.1 Å². The molecule has 0 saturated carbocycles. The monoisotopic (exact) mass is 415 g/mol. The molecule has 156 valence electrons. The quantitative estimate of drug-likeness (QED) is 0.661. The van der Waals surface area contributed by atoms with Gasteiger partial charge in [-0.25, -0.2) is 4.90 Å².